The van der Waals surface area contributed by atoms with Crippen molar-refractivity contribution >= 4 is 22.2 Å². The molecule has 1 aromatic heterocycles. The highest BCUT2D eigenvalue weighted by atomic mass is 32.1. The summed E-state index contributed by atoms with van der Waals surface area (Å²) in [6.07, 6.45) is 3.83. The Morgan fingerprint density at radius 3 is 2.55 bits per heavy atom. The molecule has 1 heterocycles. The van der Waals surface area contributed by atoms with E-state index >= 15 is 0 Å². The maximum Gasteiger partial charge on any atom is 0.256 e. The molecule has 0 atom stereocenters. The molecule has 0 bridgehead atoms. The Hall–Kier alpha value is -2.26. The molecule has 0 spiro atoms. The molecular weight excluding hydrogens is 306 g/mol. The molecule has 1 aliphatic rings. The molecule has 1 N–H and O–H groups in total. The SMILES string of the molecule is N#Cc1c(NC(=O)c2cc(F)cc(F)c2)sc2c1CCCC2. The van der Waals surface area contributed by atoms with Gasteiger partial charge in [0.15, 0.2) is 0 Å². The van der Waals surface area contributed by atoms with E-state index in [4.69, 9.17) is 0 Å². The van der Waals surface area contributed by atoms with Crippen molar-refractivity contribution in [3.05, 3.63) is 51.4 Å². The fourth-order valence-corrected chi connectivity index (χ4v) is 3.87. The van der Waals surface area contributed by atoms with E-state index in [0.29, 0.717) is 16.6 Å². The number of amides is 1. The zero-order valence-electron chi connectivity index (χ0n) is 11.6. The van der Waals surface area contributed by atoms with E-state index < -0.39 is 17.5 Å². The van der Waals surface area contributed by atoms with Crippen LogP contribution >= 0.6 is 11.3 Å². The average Bonchev–Trinajstić information content (AvgIpc) is 2.83. The summed E-state index contributed by atoms with van der Waals surface area (Å²) < 4.78 is 26.4. The number of thiophene rings is 1. The minimum atomic E-state index is -0.809. The fraction of sp³-hybridized carbons (Fsp3) is 0.250. The Labute approximate surface area is 130 Å². The second-order valence-corrected chi connectivity index (χ2v) is 6.24. The summed E-state index contributed by atoms with van der Waals surface area (Å²) >= 11 is 1.38. The zero-order chi connectivity index (χ0) is 15.7. The van der Waals surface area contributed by atoms with E-state index in [0.717, 1.165) is 48.3 Å². The van der Waals surface area contributed by atoms with Gasteiger partial charge in [0.2, 0.25) is 0 Å². The van der Waals surface area contributed by atoms with Crippen LogP contribution in [0, 0.1) is 23.0 Å². The van der Waals surface area contributed by atoms with Crippen LogP contribution in [0.25, 0.3) is 0 Å². The van der Waals surface area contributed by atoms with Crippen LogP contribution in [0.2, 0.25) is 0 Å². The monoisotopic (exact) mass is 318 g/mol. The molecule has 3 nitrogen and oxygen atoms in total. The molecule has 112 valence electrons. The van der Waals surface area contributed by atoms with Gasteiger partial charge in [-0.25, -0.2) is 8.78 Å². The molecule has 0 fully saturated rings. The van der Waals surface area contributed by atoms with Crippen molar-refractivity contribution in [2.45, 2.75) is 25.7 Å². The minimum Gasteiger partial charge on any atom is -0.312 e. The molecular formula is C16H12F2N2OS. The van der Waals surface area contributed by atoms with Crippen LogP contribution in [0.15, 0.2) is 18.2 Å². The minimum absolute atomic E-state index is 0.104. The lowest BCUT2D eigenvalue weighted by molar-refractivity contribution is 0.102. The second kappa shape index (κ2) is 5.85. The summed E-state index contributed by atoms with van der Waals surface area (Å²) in [7, 11) is 0. The Balaban J connectivity index is 1.91. The van der Waals surface area contributed by atoms with Gasteiger partial charge in [-0.3, -0.25) is 4.79 Å². The number of nitriles is 1. The normalized spacial score (nSPS) is 13.3. The number of hydrogen-bond acceptors (Lipinski definition) is 3. The van der Waals surface area contributed by atoms with E-state index in [1.807, 2.05) is 0 Å². The first-order valence-electron chi connectivity index (χ1n) is 6.90. The van der Waals surface area contributed by atoms with E-state index in [-0.39, 0.29) is 5.56 Å². The van der Waals surface area contributed by atoms with Gasteiger partial charge in [-0.15, -0.1) is 11.3 Å². The Kier molecular flexibility index (Phi) is 3.90. The predicted molar refractivity (Wildman–Crippen MR) is 80.0 cm³/mol. The fourth-order valence-electron chi connectivity index (χ4n) is 2.63. The third-order valence-electron chi connectivity index (χ3n) is 3.63. The first-order chi connectivity index (χ1) is 10.6. The van der Waals surface area contributed by atoms with Crippen LogP contribution in [0.4, 0.5) is 13.8 Å². The Morgan fingerprint density at radius 1 is 1.18 bits per heavy atom. The number of anilines is 1. The maximum atomic E-state index is 13.2. The van der Waals surface area contributed by atoms with Crippen molar-refractivity contribution < 1.29 is 13.6 Å². The van der Waals surface area contributed by atoms with Crippen LogP contribution in [-0.4, -0.2) is 5.91 Å². The maximum absolute atomic E-state index is 13.2. The molecule has 0 saturated carbocycles. The van der Waals surface area contributed by atoms with Gasteiger partial charge >= 0.3 is 0 Å². The zero-order valence-corrected chi connectivity index (χ0v) is 12.4. The lowest BCUT2D eigenvalue weighted by atomic mass is 9.96. The topological polar surface area (TPSA) is 52.9 Å². The summed E-state index contributed by atoms with van der Waals surface area (Å²) in [6.45, 7) is 0. The standard InChI is InChI=1S/C16H12F2N2OS/c17-10-5-9(6-11(18)7-10)15(21)20-16-13(8-19)12-3-1-2-4-14(12)22-16/h5-7H,1-4H2,(H,20,21). The molecule has 0 saturated heterocycles. The Morgan fingerprint density at radius 2 is 1.86 bits per heavy atom. The first kappa shape index (κ1) is 14.7. The summed E-state index contributed by atoms with van der Waals surface area (Å²) in [5.74, 6) is -2.24. The number of aryl methyl sites for hydroxylation is 1. The molecule has 0 aliphatic heterocycles. The highest BCUT2D eigenvalue weighted by Gasteiger charge is 2.22. The molecule has 1 aromatic carbocycles. The number of halogens is 2. The number of nitrogens with one attached hydrogen (secondary N) is 1. The van der Waals surface area contributed by atoms with Crippen LogP contribution < -0.4 is 5.32 Å². The van der Waals surface area contributed by atoms with Crippen LogP contribution in [0.1, 0.15) is 39.2 Å². The van der Waals surface area contributed by atoms with Gasteiger partial charge in [0, 0.05) is 16.5 Å². The van der Waals surface area contributed by atoms with Gasteiger partial charge in [-0.05, 0) is 43.4 Å². The van der Waals surface area contributed by atoms with Crippen molar-refractivity contribution in [2.24, 2.45) is 0 Å². The largest absolute Gasteiger partial charge is 0.312 e. The second-order valence-electron chi connectivity index (χ2n) is 5.14. The molecule has 6 heteroatoms. The number of fused-ring (bicyclic) bond motifs is 1. The van der Waals surface area contributed by atoms with Crippen LogP contribution in [-0.2, 0) is 12.8 Å². The number of carbonyl (C=O) groups is 1. The third-order valence-corrected chi connectivity index (χ3v) is 4.84. The molecule has 0 unspecified atom stereocenters. The molecule has 3 rings (SSSR count). The van der Waals surface area contributed by atoms with Crippen molar-refractivity contribution in [2.75, 3.05) is 5.32 Å². The van der Waals surface area contributed by atoms with Gasteiger partial charge in [0.1, 0.15) is 22.7 Å². The molecule has 1 aliphatic carbocycles. The molecule has 0 radical (unpaired) electrons. The summed E-state index contributed by atoms with van der Waals surface area (Å²) in [4.78, 5) is 13.3. The summed E-state index contributed by atoms with van der Waals surface area (Å²) in [5, 5.41) is 12.4. The molecule has 2 aromatic rings. The van der Waals surface area contributed by atoms with Gasteiger partial charge in [0.05, 0.1) is 5.56 Å². The van der Waals surface area contributed by atoms with Gasteiger partial charge in [-0.2, -0.15) is 5.26 Å². The predicted octanol–water partition coefficient (Wildman–Crippen LogP) is 4.03. The number of rotatable bonds is 2. The van der Waals surface area contributed by atoms with Crippen molar-refractivity contribution in [3.63, 3.8) is 0 Å². The third kappa shape index (κ3) is 2.72. The van der Waals surface area contributed by atoms with E-state index in [1.54, 1.807) is 0 Å². The number of carbonyl (C=O) groups excluding carboxylic acids is 1. The van der Waals surface area contributed by atoms with E-state index in [1.165, 1.54) is 11.3 Å². The summed E-state index contributed by atoms with van der Waals surface area (Å²) in [5.41, 5.74) is 1.37. The lowest BCUT2D eigenvalue weighted by Gasteiger charge is -2.09. The number of hydrogen-bond donors (Lipinski definition) is 1. The van der Waals surface area contributed by atoms with Crippen LogP contribution in [0.3, 0.4) is 0 Å². The Bertz CT molecular complexity index is 772. The summed E-state index contributed by atoms with van der Waals surface area (Å²) in [6, 6.07) is 4.78. The van der Waals surface area contributed by atoms with Gasteiger partial charge in [-0.1, -0.05) is 0 Å². The number of nitrogens with zero attached hydrogens (tertiary/aromatic N) is 1. The highest BCUT2D eigenvalue weighted by Crippen LogP contribution is 2.37. The first-order valence-corrected chi connectivity index (χ1v) is 7.72. The van der Waals surface area contributed by atoms with E-state index in [9.17, 15) is 18.8 Å². The quantitative estimate of drug-likeness (QED) is 0.909. The van der Waals surface area contributed by atoms with Crippen molar-refractivity contribution in [1.82, 2.24) is 0 Å². The smallest absolute Gasteiger partial charge is 0.256 e. The van der Waals surface area contributed by atoms with Gasteiger partial charge in [0.25, 0.3) is 5.91 Å². The van der Waals surface area contributed by atoms with Crippen molar-refractivity contribution in [3.8, 4) is 6.07 Å². The lowest BCUT2D eigenvalue weighted by Crippen LogP contribution is -2.12. The number of benzene rings is 1. The average molecular weight is 318 g/mol. The highest BCUT2D eigenvalue weighted by molar-refractivity contribution is 7.16. The van der Waals surface area contributed by atoms with Crippen molar-refractivity contribution in [1.29, 1.82) is 5.26 Å². The molecule has 1 amide bonds. The molecule has 22 heavy (non-hydrogen) atoms. The van der Waals surface area contributed by atoms with E-state index in [2.05, 4.69) is 11.4 Å². The van der Waals surface area contributed by atoms with Crippen LogP contribution in [0.5, 0.6) is 0 Å². The van der Waals surface area contributed by atoms with Gasteiger partial charge < -0.3 is 5.32 Å².